The van der Waals surface area contributed by atoms with E-state index in [9.17, 15) is 14.4 Å². The summed E-state index contributed by atoms with van der Waals surface area (Å²) in [5, 5.41) is 6.19. The van der Waals surface area contributed by atoms with Gasteiger partial charge in [-0.3, -0.25) is 14.4 Å². The van der Waals surface area contributed by atoms with Crippen molar-refractivity contribution in [3.63, 3.8) is 0 Å². The summed E-state index contributed by atoms with van der Waals surface area (Å²) in [6.07, 6.45) is 3.44. The number of nitrogens with one attached hydrogen (secondary N) is 2. The van der Waals surface area contributed by atoms with Gasteiger partial charge in [0.1, 0.15) is 5.75 Å². The molecule has 2 aromatic rings. The molecule has 0 aliphatic rings. The summed E-state index contributed by atoms with van der Waals surface area (Å²) in [6, 6.07) is 14.0. The predicted octanol–water partition coefficient (Wildman–Crippen LogP) is 3.91. The van der Waals surface area contributed by atoms with Crippen LogP contribution in [0.25, 0.3) is 0 Å². The van der Waals surface area contributed by atoms with Crippen LogP contribution in [0, 0.1) is 0 Å². The smallest absolute Gasteiger partial charge is 0.311 e. The summed E-state index contributed by atoms with van der Waals surface area (Å²) >= 11 is 5.82. The van der Waals surface area contributed by atoms with E-state index in [2.05, 4.69) is 10.6 Å². The zero-order valence-electron chi connectivity index (χ0n) is 17.1. The Hall–Kier alpha value is -2.86. The monoisotopic (exact) mass is 430 g/mol. The molecule has 30 heavy (non-hydrogen) atoms. The van der Waals surface area contributed by atoms with Gasteiger partial charge in [0.25, 0.3) is 5.91 Å². The number of ether oxygens (including phenoxy) is 1. The maximum absolute atomic E-state index is 12.1. The largest absolute Gasteiger partial charge is 0.427 e. The molecule has 2 N–H and O–H groups in total. The first-order chi connectivity index (χ1) is 14.4. The molecule has 0 fully saturated rings. The topological polar surface area (TPSA) is 84.5 Å². The van der Waals surface area contributed by atoms with Crippen LogP contribution in [-0.2, 0) is 16.0 Å². The highest BCUT2D eigenvalue weighted by atomic mass is 35.5. The van der Waals surface area contributed by atoms with Gasteiger partial charge >= 0.3 is 5.97 Å². The van der Waals surface area contributed by atoms with Crippen LogP contribution in [0.4, 0.5) is 0 Å². The van der Waals surface area contributed by atoms with Gasteiger partial charge in [0.15, 0.2) is 0 Å². The molecule has 6 nitrogen and oxygen atoms in total. The van der Waals surface area contributed by atoms with Crippen LogP contribution in [0.2, 0.25) is 5.02 Å². The molecule has 0 aliphatic carbocycles. The first-order valence-electron chi connectivity index (χ1n) is 10.0. The van der Waals surface area contributed by atoms with Crippen molar-refractivity contribution in [2.45, 2.75) is 39.0 Å². The predicted molar refractivity (Wildman–Crippen MR) is 117 cm³/mol. The summed E-state index contributed by atoms with van der Waals surface area (Å²) in [5.74, 6) is 0.0563. The van der Waals surface area contributed by atoms with Crippen molar-refractivity contribution in [2.75, 3.05) is 13.1 Å². The summed E-state index contributed by atoms with van der Waals surface area (Å²) in [6.45, 7) is 2.62. The second-order valence-electron chi connectivity index (χ2n) is 6.92. The Morgan fingerprint density at radius 1 is 0.867 bits per heavy atom. The van der Waals surface area contributed by atoms with Gasteiger partial charge < -0.3 is 15.4 Å². The van der Waals surface area contributed by atoms with Gasteiger partial charge in [0.05, 0.1) is 0 Å². The molecule has 7 heteroatoms. The normalized spacial score (nSPS) is 10.3. The lowest BCUT2D eigenvalue weighted by molar-refractivity contribution is -0.134. The van der Waals surface area contributed by atoms with Crippen molar-refractivity contribution in [1.29, 1.82) is 0 Å². The van der Waals surface area contributed by atoms with Crippen molar-refractivity contribution in [3.05, 3.63) is 64.7 Å². The summed E-state index contributed by atoms with van der Waals surface area (Å²) in [4.78, 5) is 34.7. The number of benzene rings is 2. The van der Waals surface area contributed by atoms with E-state index in [1.54, 1.807) is 36.4 Å². The minimum atomic E-state index is -0.266. The Morgan fingerprint density at radius 2 is 1.57 bits per heavy atom. The molecule has 0 saturated heterocycles. The Bertz CT molecular complexity index is 835. The van der Waals surface area contributed by atoms with E-state index in [-0.39, 0.29) is 17.8 Å². The van der Waals surface area contributed by atoms with E-state index in [1.165, 1.54) is 6.92 Å². The van der Waals surface area contributed by atoms with E-state index >= 15 is 0 Å². The Kier molecular flexibility index (Phi) is 9.87. The number of carbonyl (C=O) groups excluding carboxylic acids is 3. The molecule has 0 bridgehead atoms. The molecule has 0 aromatic heterocycles. The zero-order chi connectivity index (χ0) is 21.8. The quantitative estimate of drug-likeness (QED) is 0.321. The molecule has 0 heterocycles. The highest BCUT2D eigenvalue weighted by Gasteiger charge is 2.06. The third kappa shape index (κ3) is 9.09. The van der Waals surface area contributed by atoms with Crippen LogP contribution >= 0.6 is 11.6 Å². The molecule has 0 radical (unpaired) electrons. The molecule has 0 atom stereocenters. The average molecular weight is 431 g/mol. The molecule has 160 valence electrons. The van der Waals surface area contributed by atoms with E-state index in [0.29, 0.717) is 42.3 Å². The molecule has 0 spiro atoms. The number of hydrogen-bond acceptors (Lipinski definition) is 4. The molecule has 0 unspecified atom stereocenters. The number of halogens is 1. The minimum Gasteiger partial charge on any atom is -0.427 e. The summed E-state index contributed by atoms with van der Waals surface area (Å²) in [5.41, 5.74) is 1.60. The van der Waals surface area contributed by atoms with E-state index in [1.807, 2.05) is 12.1 Å². The Balaban J connectivity index is 1.64. The van der Waals surface area contributed by atoms with Crippen LogP contribution in [0.3, 0.4) is 0 Å². The fourth-order valence-corrected chi connectivity index (χ4v) is 2.89. The van der Waals surface area contributed by atoms with Gasteiger partial charge in [0, 0.05) is 37.0 Å². The number of esters is 1. The summed E-state index contributed by atoms with van der Waals surface area (Å²) in [7, 11) is 0. The van der Waals surface area contributed by atoms with Gasteiger partial charge in [-0.05, 0) is 61.2 Å². The van der Waals surface area contributed by atoms with Crippen molar-refractivity contribution >= 4 is 29.4 Å². The Morgan fingerprint density at radius 3 is 2.23 bits per heavy atom. The van der Waals surface area contributed by atoms with Gasteiger partial charge in [-0.1, -0.05) is 30.2 Å². The van der Waals surface area contributed by atoms with Gasteiger partial charge in [0.2, 0.25) is 5.91 Å². The fraction of sp³-hybridized carbons (Fsp3) is 0.348. The minimum absolute atomic E-state index is 0.0400. The van der Waals surface area contributed by atoms with Crippen LogP contribution in [0.1, 0.15) is 48.5 Å². The van der Waals surface area contributed by atoms with E-state index < -0.39 is 0 Å². The Labute approximate surface area is 182 Å². The SMILES string of the molecule is CC(=O)NCCCCCC(=O)Oc1ccc(CCNC(=O)c2ccc(Cl)cc2)cc1. The summed E-state index contributed by atoms with van der Waals surface area (Å²) < 4.78 is 5.34. The lowest BCUT2D eigenvalue weighted by Gasteiger charge is -2.07. The maximum atomic E-state index is 12.1. The van der Waals surface area contributed by atoms with Crippen molar-refractivity contribution in [1.82, 2.24) is 10.6 Å². The first-order valence-corrected chi connectivity index (χ1v) is 10.4. The van der Waals surface area contributed by atoms with Crippen LogP contribution in [-0.4, -0.2) is 30.9 Å². The lowest BCUT2D eigenvalue weighted by Crippen LogP contribution is -2.25. The zero-order valence-corrected chi connectivity index (χ0v) is 17.8. The number of carbonyl (C=O) groups is 3. The van der Waals surface area contributed by atoms with Crippen molar-refractivity contribution < 1.29 is 19.1 Å². The third-order valence-electron chi connectivity index (χ3n) is 4.39. The molecule has 2 amide bonds. The molecule has 2 aromatic carbocycles. The van der Waals surface area contributed by atoms with Crippen molar-refractivity contribution in [3.8, 4) is 5.75 Å². The highest BCUT2D eigenvalue weighted by Crippen LogP contribution is 2.14. The second-order valence-corrected chi connectivity index (χ2v) is 7.36. The van der Waals surface area contributed by atoms with Crippen LogP contribution in [0.5, 0.6) is 5.75 Å². The second kappa shape index (κ2) is 12.6. The van der Waals surface area contributed by atoms with Crippen LogP contribution < -0.4 is 15.4 Å². The molecule has 0 aliphatic heterocycles. The van der Waals surface area contributed by atoms with E-state index in [0.717, 1.165) is 24.8 Å². The highest BCUT2D eigenvalue weighted by molar-refractivity contribution is 6.30. The number of amides is 2. The van der Waals surface area contributed by atoms with E-state index in [4.69, 9.17) is 16.3 Å². The lowest BCUT2D eigenvalue weighted by atomic mass is 10.1. The number of hydrogen-bond donors (Lipinski definition) is 2. The molecule has 2 rings (SSSR count). The third-order valence-corrected chi connectivity index (χ3v) is 4.64. The van der Waals surface area contributed by atoms with Crippen LogP contribution in [0.15, 0.2) is 48.5 Å². The van der Waals surface area contributed by atoms with Gasteiger partial charge in [-0.15, -0.1) is 0 Å². The van der Waals surface area contributed by atoms with Gasteiger partial charge in [-0.25, -0.2) is 0 Å². The van der Waals surface area contributed by atoms with Crippen molar-refractivity contribution in [2.24, 2.45) is 0 Å². The molecule has 0 saturated carbocycles. The molecular weight excluding hydrogens is 404 g/mol. The average Bonchev–Trinajstić information content (AvgIpc) is 2.72. The fourth-order valence-electron chi connectivity index (χ4n) is 2.77. The van der Waals surface area contributed by atoms with Gasteiger partial charge in [-0.2, -0.15) is 0 Å². The number of unbranched alkanes of at least 4 members (excludes halogenated alkanes) is 2. The molecular formula is C23H27ClN2O4. The maximum Gasteiger partial charge on any atom is 0.311 e. The number of rotatable bonds is 11. The standard InChI is InChI=1S/C23H27ClN2O4/c1-17(27)25-15-4-2-3-5-22(28)30-21-12-6-18(7-13-21)14-16-26-23(29)19-8-10-20(24)11-9-19/h6-13H,2-5,14-16H2,1H3,(H,25,27)(H,26,29). The first kappa shape index (κ1) is 23.4.